The number of aryl methyl sites for hydroxylation is 1. The number of carbonyl (C=O) groups excluding carboxylic acids is 1. The maximum atomic E-state index is 11.0. The molecule has 2 aromatic rings. The number of rotatable bonds is 7. The molecule has 0 radical (unpaired) electrons. The number of methoxy groups -OCH3 is 1. The zero-order valence-corrected chi connectivity index (χ0v) is 13.9. The molecule has 0 atom stereocenters. The van der Waals surface area contributed by atoms with E-state index in [0.717, 1.165) is 16.5 Å². The number of fused-ring (bicyclic) bond motifs is 1. The van der Waals surface area contributed by atoms with Gasteiger partial charge in [-0.25, -0.2) is 0 Å². The van der Waals surface area contributed by atoms with Gasteiger partial charge in [0, 0.05) is 37.1 Å². The number of aromatic nitrogens is 1. The molecule has 2 rings (SSSR count). The molecule has 0 aliphatic carbocycles. The first-order chi connectivity index (χ1) is 10.8. The molecule has 7 nitrogen and oxygen atoms in total. The highest BCUT2D eigenvalue weighted by Gasteiger charge is 2.12. The summed E-state index contributed by atoms with van der Waals surface area (Å²) >= 11 is 0. The van der Waals surface area contributed by atoms with E-state index in [1.807, 2.05) is 18.3 Å². The van der Waals surface area contributed by atoms with Crippen molar-refractivity contribution < 1.29 is 22.5 Å². The van der Waals surface area contributed by atoms with Crippen LogP contribution in [-0.2, 0) is 27.9 Å². The first-order valence-electron chi connectivity index (χ1n) is 7.15. The van der Waals surface area contributed by atoms with Gasteiger partial charge in [-0.3, -0.25) is 9.35 Å². The van der Waals surface area contributed by atoms with Gasteiger partial charge in [0.1, 0.15) is 5.75 Å². The summed E-state index contributed by atoms with van der Waals surface area (Å²) in [5.41, 5.74) is 1.83. The fourth-order valence-electron chi connectivity index (χ4n) is 2.45. The van der Waals surface area contributed by atoms with Gasteiger partial charge >= 0.3 is 0 Å². The standard InChI is InChI=1S/C15H20N2O5S/c1-11(18)16-6-5-12-10-17(7-8-23(19,20)21)15-4-3-13(22-2)9-14(12)15/h3-4,9-10H,5-8H2,1-2H3,(H,16,18)(H,19,20,21). The van der Waals surface area contributed by atoms with Crippen molar-refractivity contribution in [3.8, 4) is 5.75 Å². The average Bonchev–Trinajstić information content (AvgIpc) is 2.81. The molecule has 0 aliphatic rings. The van der Waals surface area contributed by atoms with Crippen LogP contribution >= 0.6 is 0 Å². The SMILES string of the molecule is COc1ccc2c(c1)c(CCNC(C)=O)cn2CCS(=O)(=O)O. The maximum absolute atomic E-state index is 11.0. The fraction of sp³-hybridized carbons (Fsp3) is 0.400. The molecular formula is C15H20N2O5S. The summed E-state index contributed by atoms with van der Waals surface area (Å²) in [6, 6.07) is 5.52. The van der Waals surface area contributed by atoms with Crippen molar-refractivity contribution in [3.63, 3.8) is 0 Å². The van der Waals surface area contributed by atoms with Gasteiger partial charge in [0.15, 0.2) is 0 Å². The highest BCUT2D eigenvalue weighted by molar-refractivity contribution is 7.85. The largest absolute Gasteiger partial charge is 0.497 e. The molecule has 1 amide bonds. The van der Waals surface area contributed by atoms with Crippen LogP contribution in [0.2, 0.25) is 0 Å². The van der Waals surface area contributed by atoms with Gasteiger partial charge in [-0.1, -0.05) is 0 Å². The topological polar surface area (TPSA) is 97.6 Å². The molecule has 1 heterocycles. The van der Waals surface area contributed by atoms with E-state index in [0.29, 0.717) is 18.7 Å². The first kappa shape index (κ1) is 17.3. The second-order valence-corrected chi connectivity index (χ2v) is 6.82. The van der Waals surface area contributed by atoms with Crippen LogP contribution in [0.5, 0.6) is 5.75 Å². The Morgan fingerprint density at radius 2 is 2.13 bits per heavy atom. The Labute approximate surface area is 135 Å². The predicted molar refractivity (Wildman–Crippen MR) is 87.3 cm³/mol. The van der Waals surface area contributed by atoms with Crippen LogP contribution < -0.4 is 10.1 Å². The lowest BCUT2D eigenvalue weighted by Crippen LogP contribution is -2.22. The number of nitrogens with zero attached hydrogens (tertiary/aromatic N) is 1. The normalized spacial score (nSPS) is 11.6. The second kappa shape index (κ2) is 7.01. The van der Waals surface area contributed by atoms with Crippen molar-refractivity contribution in [3.05, 3.63) is 30.0 Å². The molecule has 1 aromatic heterocycles. The molecular weight excluding hydrogens is 320 g/mol. The molecule has 0 unspecified atom stereocenters. The number of nitrogens with one attached hydrogen (secondary N) is 1. The van der Waals surface area contributed by atoms with E-state index in [1.54, 1.807) is 17.7 Å². The van der Waals surface area contributed by atoms with Crippen LogP contribution in [0.15, 0.2) is 24.4 Å². The number of carbonyl (C=O) groups is 1. The summed E-state index contributed by atoms with van der Waals surface area (Å²) in [6.45, 7) is 2.10. The third-order valence-corrected chi connectivity index (χ3v) is 4.23. The molecule has 0 spiro atoms. The van der Waals surface area contributed by atoms with E-state index in [9.17, 15) is 13.2 Å². The fourth-order valence-corrected chi connectivity index (χ4v) is 2.88. The molecule has 0 saturated heterocycles. The Hall–Kier alpha value is -2.06. The highest BCUT2D eigenvalue weighted by Crippen LogP contribution is 2.26. The summed E-state index contributed by atoms with van der Waals surface area (Å²) in [6.07, 6.45) is 2.46. The average molecular weight is 340 g/mol. The van der Waals surface area contributed by atoms with Crippen LogP contribution in [0.3, 0.4) is 0 Å². The number of ether oxygens (including phenoxy) is 1. The number of hydrogen-bond acceptors (Lipinski definition) is 4. The molecule has 126 valence electrons. The molecule has 0 bridgehead atoms. The van der Waals surface area contributed by atoms with Crippen LogP contribution in [0, 0.1) is 0 Å². The summed E-state index contributed by atoms with van der Waals surface area (Å²) in [4.78, 5) is 11.0. The predicted octanol–water partition coefficient (Wildman–Crippen LogP) is 1.22. The Balaban J connectivity index is 2.33. The van der Waals surface area contributed by atoms with Crippen LogP contribution in [0.1, 0.15) is 12.5 Å². The van der Waals surface area contributed by atoms with Gasteiger partial charge in [0.05, 0.1) is 12.9 Å². The minimum atomic E-state index is -4.03. The monoisotopic (exact) mass is 340 g/mol. The van der Waals surface area contributed by atoms with E-state index in [2.05, 4.69) is 5.32 Å². The zero-order chi connectivity index (χ0) is 17.0. The third-order valence-electron chi connectivity index (χ3n) is 3.53. The van der Waals surface area contributed by atoms with E-state index in [1.165, 1.54) is 6.92 Å². The van der Waals surface area contributed by atoms with Gasteiger partial charge in [-0.05, 0) is 30.2 Å². The Bertz CT molecular complexity index is 811. The first-order valence-corrected chi connectivity index (χ1v) is 8.76. The molecule has 2 N–H and O–H groups in total. The minimum absolute atomic E-state index is 0.0994. The van der Waals surface area contributed by atoms with Gasteiger partial charge in [-0.15, -0.1) is 0 Å². The third kappa shape index (κ3) is 4.70. The summed E-state index contributed by atoms with van der Waals surface area (Å²) < 4.78 is 37.9. The smallest absolute Gasteiger partial charge is 0.266 e. The number of hydrogen-bond donors (Lipinski definition) is 2. The van der Waals surface area contributed by atoms with Crippen molar-refractivity contribution >= 4 is 26.9 Å². The zero-order valence-electron chi connectivity index (χ0n) is 13.1. The minimum Gasteiger partial charge on any atom is -0.497 e. The van der Waals surface area contributed by atoms with Crippen molar-refractivity contribution in [1.29, 1.82) is 0 Å². The van der Waals surface area contributed by atoms with E-state index >= 15 is 0 Å². The molecule has 23 heavy (non-hydrogen) atoms. The van der Waals surface area contributed by atoms with Gasteiger partial charge in [0.25, 0.3) is 10.1 Å². The Morgan fingerprint density at radius 1 is 1.39 bits per heavy atom. The van der Waals surface area contributed by atoms with E-state index in [-0.39, 0.29) is 18.2 Å². The lowest BCUT2D eigenvalue weighted by molar-refractivity contribution is -0.118. The van der Waals surface area contributed by atoms with Crippen molar-refractivity contribution in [2.75, 3.05) is 19.4 Å². The molecule has 0 saturated carbocycles. The lowest BCUT2D eigenvalue weighted by atomic mass is 10.1. The Kier molecular flexibility index (Phi) is 5.27. The van der Waals surface area contributed by atoms with Crippen molar-refractivity contribution in [2.45, 2.75) is 19.9 Å². The van der Waals surface area contributed by atoms with Crippen molar-refractivity contribution in [1.82, 2.24) is 9.88 Å². The Morgan fingerprint density at radius 3 is 2.74 bits per heavy atom. The number of amides is 1. The molecule has 0 aliphatic heterocycles. The molecule has 0 fully saturated rings. The van der Waals surface area contributed by atoms with Gasteiger partial charge in [0.2, 0.25) is 5.91 Å². The van der Waals surface area contributed by atoms with Crippen LogP contribution in [0.4, 0.5) is 0 Å². The summed E-state index contributed by atoms with van der Waals surface area (Å²) in [7, 11) is -2.45. The molecule has 8 heteroatoms. The van der Waals surface area contributed by atoms with Gasteiger partial charge in [-0.2, -0.15) is 8.42 Å². The second-order valence-electron chi connectivity index (χ2n) is 5.25. The van der Waals surface area contributed by atoms with Gasteiger partial charge < -0.3 is 14.6 Å². The molecule has 1 aromatic carbocycles. The van der Waals surface area contributed by atoms with Crippen molar-refractivity contribution in [2.24, 2.45) is 0 Å². The van der Waals surface area contributed by atoms with Crippen LogP contribution in [-0.4, -0.2) is 42.9 Å². The van der Waals surface area contributed by atoms with Crippen LogP contribution in [0.25, 0.3) is 10.9 Å². The quantitative estimate of drug-likeness (QED) is 0.739. The van der Waals surface area contributed by atoms with E-state index in [4.69, 9.17) is 9.29 Å². The van der Waals surface area contributed by atoms with E-state index < -0.39 is 10.1 Å². The summed E-state index contributed by atoms with van der Waals surface area (Å²) in [5.74, 6) is 0.247. The summed E-state index contributed by atoms with van der Waals surface area (Å²) in [5, 5.41) is 3.67. The number of benzene rings is 1. The maximum Gasteiger partial charge on any atom is 0.266 e. The highest BCUT2D eigenvalue weighted by atomic mass is 32.2. The lowest BCUT2D eigenvalue weighted by Gasteiger charge is -2.05.